The zero-order valence-corrected chi connectivity index (χ0v) is 15.6. The number of rotatable bonds is 5. The molecule has 1 aliphatic rings. The minimum absolute atomic E-state index is 0.0668. The molecule has 0 unspecified atom stereocenters. The van der Waals surface area contributed by atoms with Gasteiger partial charge in [-0.3, -0.25) is 14.3 Å². The number of carbonyl (C=O) groups excluding carboxylic acids is 1. The Bertz CT molecular complexity index is 1070. The van der Waals surface area contributed by atoms with Crippen molar-refractivity contribution in [3.05, 3.63) is 54.5 Å². The fourth-order valence-corrected chi connectivity index (χ4v) is 2.63. The summed E-state index contributed by atoms with van der Waals surface area (Å²) in [6.07, 6.45) is 0.937. The SMILES string of the molecule is CC1(Oc2nc(C(=O)Nc3ccnc(C(F)(F)F)c3)cc(-n3ccnc3)n2)COC1. The molecule has 0 saturated carbocycles. The van der Waals surface area contributed by atoms with Crippen LogP contribution in [0.1, 0.15) is 23.1 Å². The molecule has 0 aromatic carbocycles. The molecule has 1 amide bonds. The predicted molar refractivity (Wildman–Crippen MR) is 96.2 cm³/mol. The van der Waals surface area contributed by atoms with Crippen LogP contribution in [0.3, 0.4) is 0 Å². The molecule has 3 aromatic heterocycles. The Balaban J connectivity index is 1.63. The number of nitrogens with one attached hydrogen (secondary N) is 1. The number of pyridine rings is 1. The van der Waals surface area contributed by atoms with Crippen LogP contribution in [-0.2, 0) is 10.9 Å². The van der Waals surface area contributed by atoms with E-state index in [9.17, 15) is 18.0 Å². The number of alkyl halides is 3. The average Bonchev–Trinajstić information content (AvgIpc) is 3.21. The fraction of sp³-hybridized carbons (Fsp3) is 0.278. The number of amides is 1. The smallest absolute Gasteiger partial charge is 0.433 e. The van der Waals surface area contributed by atoms with Crippen LogP contribution >= 0.6 is 0 Å². The van der Waals surface area contributed by atoms with E-state index in [1.54, 1.807) is 17.7 Å². The van der Waals surface area contributed by atoms with Crippen molar-refractivity contribution in [1.82, 2.24) is 24.5 Å². The van der Waals surface area contributed by atoms with Gasteiger partial charge in [-0.1, -0.05) is 0 Å². The fourth-order valence-electron chi connectivity index (χ4n) is 2.63. The van der Waals surface area contributed by atoms with Crippen molar-refractivity contribution in [3.8, 4) is 11.8 Å². The number of ether oxygens (including phenoxy) is 2. The van der Waals surface area contributed by atoms with Gasteiger partial charge >= 0.3 is 12.2 Å². The molecule has 1 N–H and O–H groups in total. The summed E-state index contributed by atoms with van der Waals surface area (Å²) >= 11 is 0. The molecule has 30 heavy (non-hydrogen) atoms. The van der Waals surface area contributed by atoms with E-state index in [4.69, 9.17) is 9.47 Å². The minimum Gasteiger partial charge on any atom is -0.452 e. The molecule has 156 valence electrons. The second-order valence-corrected chi connectivity index (χ2v) is 6.79. The highest BCUT2D eigenvalue weighted by molar-refractivity contribution is 6.03. The van der Waals surface area contributed by atoms with Gasteiger partial charge in [0.1, 0.15) is 23.5 Å². The third kappa shape index (κ3) is 4.22. The molecule has 9 nitrogen and oxygen atoms in total. The topological polar surface area (TPSA) is 104 Å². The summed E-state index contributed by atoms with van der Waals surface area (Å²) in [5, 5.41) is 2.39. The Morgan fingerprint density at radius 1 is 1.27 bits per heavy atom. The van der Waals surface area contributed by atoms with E-state index in [-0.39, 0.29) is 17.4 Å². The van der Waals surface area contributed by atoms with Crippen molar-refractivity contribution in [2.24, 2.45) is 0 Å². The first kappa shape index (κ1) is 19.8. The number of imidazole rings is 1. The lowest BCUT2D eigenvalue weighted by molar-refractivity contribution is -0.153. The van der Waals surface area contributed by atoms with E-state index in [1.165, 1.54) is 24.7 Å². The minimum atomic E-state index is -4.63. The van der Waals surface area contributed by atoms with Crippen LogP contribution in [0, 0.1) is 0 Å². The van der Waals surface area contributed by atoms with E-state index in [0.29, 0.717) is 19.0 Å². The van der Waals surface area contributed by atoms with Crippen molar-refractivity contribution < 1.29 is 27.4 Å². The van der Waals surface area contributed by atoms with Crippen molar-refractivity contribution >= 4 is 11.6 Å². The Morgan fingerprint density at radius 3 is 2.70 bits per heavy atom. The third-order valence-corrected chi connectivity index (χ3v) is 4.15. The Labute approximate surface area is 167 Å². The molecule has 0 spiro atoms. The summed E-state index contributed by atoms with van der Waals surface area (Å²) in [7, 11) is 0. The van der Waals surface area contributed by atoms with Gasteiger partial charge in [0, 0.05) is 30.3 Å². The maximum absolute atomic E-state index is 12.9. The van der Waals surface area contributed by atoms with E-state index < -0.39 is 23.4 Å². The summed E-state index contributed by atoms with van der Waals surface area (Å²) < 4.78 is 51.0. The highest BCUT2D eigenvalue weighted by Crippen LogP contribution is 2.29. The van der Waals surface area contributed by atoms with Crippen LogP contribution in [0.2, 0.25) is 0 Å². The van der Waals surface area contributed by atoms with Gasteiger partial charge in [-0.05, 0) is 19.1 Å². The van der Waals surface area contributed by atoms with Gasteiger partial charge in [-0.15, -0.1) is 0 Å². The largest absolute Gasteiger partial charge is 0.452 e. The Morgan fingerprint density at radius 2 is 2.07 bits per heavy atom. The zero-order chi connectivity index (χ0) is 21.4. The quantitative estimate of drug-likeness (QED) is 0.676. The maximum atomic E-state index is 12.9. The number of hydrogen-bond donors (Lipinski definition) is 1. The number of anilines is 1. The first-order chi connectivity index (χ1) is 14.2. The number of hydrogen-bond acceptors (Lipinski definition) is 7. The van der Waals surface area contributed by atoms with Crippen molar-refractivity contribution in [3.63, 3.8) is 0 Å². The van der Waals surface area contributed by atoms with Crippen molar-refractivity contribution in [2.75, 3.05) is 18.5 Å². The van der Waals surface area contributed by atoms with Crippen LogP contribution in [0.5, 0.6) is 6.01 Å². The van der Waals surface area contributed by atoms with Gasteiger partial charge in [0.05, 0.1) is 13.2 Å². The molecule has 0 atom stereocenters. The van der Waals surface area contributed by atoms with E-state index in [0.717, 1.165) is 12.3 Å². The molecule has 4 heterocycles. The van der Waals surface area contributed by atoms with Gasteiger partial charge in [0.15, 0.2) is 5.60 Å². The van der Waals surface area contributed by atoms with Gasteiger partial charge in [-0.2, -0.15) is 23.1 Å². The lowest BCUT2D eigenvalue weighted by atomic mass is 10.1. The summed E-state index contributed by atoms with van der Waals surface area (Å²) in [5.41, 5.74) is -1.93. The van der Waals surface area contributed by atoms with Gasteiger partial charge < -0.3 is 14.8 Å². The lowest BCUT2D eigenvalue weighted by Gasteiger charge is -2.37. The van der Waals surface area contributed by atoms with Crippen LogP contribution in [0.15, 0.2) is 43.1 Å². The van der Waals surface area contributed by atoms with Gasteiger partial charge in [0.2, 0.25) is 0 Å². The second-order valence-electron chi connectivity index (χ2n) is 6.79. The summed E-state index contributed by atoms with van der Waals surface area (Å²) in [6.45, 7) is 2.48. The van der Waals surface area contributed by atoms with Gasteiger partial charge in [0.25, 0.3) is 5.91 Å². The average molecular weight is 420 g/mol. The Kier molecular flexibility index (Phi) is 4.86. The molecule has 3 aromatic rings. The maximum Gasteiger partial charge on any atom is 0.433 e. The normalized spacial score (nSPS) is 15.3. The van der Waals surface area contributed by atoms with Crippen LogP contribution in [0.25, 0.3) is 5.82 Å². The second kappa shape index (κ2) is 7.37. The summed E-state index contributed by atoms with van der Waals surface area (Å²) in [4.78, 5) is 28.3. The first-order valence-corrected chi connectivity index (χ1v) is 8.71. The number of halogens is 3. The third-order valence-electron chi connectivity index (χ3n) is 4.15. The summed E-state index contributed by atoms with van der Waals surface area (Å²) in [5.74, 6) is -0.435. The first-order valence-electron chi connectivity index (χ1n) is 8.71. The van der Waals surface area contributed by atoms with Crippen molar-refractivity contribution in [2.45, 2.75) is 18.7 Å². The predicted octanol–water partition coefficient (Wildman–Crippen LogP) is 2.50. The molecule has 0 aliphatic carbocycles. The van der Waals surface area contributed by atoms with Crippen LogP contribution < -0.4 is 10.1 Å². The zero-order valence-electron chi connectivity index (χ0n) is 15.6. The molecule has 0 bridgehead atoms. The van der Waals surface area contributed by atoms with E-state index >= 15 is 0 Å². The van der Waals surface area contributed by atoms with Crippen LogP contribution in [0.4, 0.5) is 18.9 Å². The highest BCUT2D eigenvalue weighted by Gasteiger charge is 2.37. The van der Waals surface area contributed by atoms with E-state index in [1.807, 2.05) is 0 Å². The molecule has 1 aliphatic heterocycles. The van der Waals surface area contributed by atoms with Crippen molar-refractivity contribution in [1.29, 1.82) is 0 Å². The number of nitrogens with zero attached hydrogens (tertiary/aromatic N) is 5. The lowest BCUT2D eigenvalue weighted by Crippen LogP contribution is -2.52. The standard InChI is InChI=1S/C18H15F3N6O3/c1-17(8-29-9-17)30-16-25-12(7-14(26-16)27-5-4-22-10-27)15(28)24-11-2-3-23-13(6-11)18(19,20)21/h2-7,10H,8-9H2,1H3,(H,23,24,28). The Hall–Kier alpha value is -3.54. The molecule has 1 fully saturated rings. The molecule has 12 heteroatoms. The molecular weight excluding hydrogens is 405 g/mol. The summed E-state index contributed by atoms with van der Waals surface area (Å²) in [6, 6.07) is 3.29. The van der Waals surface area contributed by atoms with Gasteiger partial charge in [-0.25, -0.2) is 4.98 Å². The van der Waals surface area contributed by atoms with E-state index in [2.05, 4.69) is 25.3 Å². The molecule has 4 rings (SSSR count). The molecular formula is C18H15F3N6O3. The number of aromatic nitrogens is 5. The molecule has 0 radical (unpaired) electrons. The highest BCUT2D eigenvalue weighted by atomic mass is 19.4. The van der Waals surface area contributed by atoms with Crippen LogP contribution in [-0.4, -0.2) is 49.2 Å². The monoisotopic (exact) mass is 420 g/mol. The molecule has 1 saturated heterocycles. The number of carbonyl (C=O) groups is 1.